The lowest BCUT2D eigenvalue weighted by Gasteiger charge is -2.15. The maximum atomic E-state index is 12.3. The summed E-state index contributed by atoms with van der Waals surface area (Å²) in [5.74, 6) is -0.0214. The van der Waals surface area contributed by atoms with E-state index in [1.807, 2.05) is 16.5 Å². The molecular formula is C17H26N4O2. The van der Waals surface area contributed by atoms with E-state index in [2.05, 4.69) is 24.3 Å². The Balaban J connectivity index is 1.50. The Kier molecular flexibility index (Phi) is 4.41. The number of carbonyl (C=O) groups excluding carboxylic acids is 2. The second-order valence-electron chi connectivity index (χ2n) is 6.68. The smallest absolute Gasteiger partial charge is 0.225 e. The van der Waals surface area contributed by atoms with Gasteiger partial charge in [-0.05, 0) is 45.6 Å². The molecule has 0 spiro atoms. The van der Waals surface area contributed by atoms with E-state index in [4.69, 9.17) is 0 Å². The highest BCUT2D eigenvalue weighted by atomic mass is 16.2. The maximum Gasteiger partial charge on any atom is 0.225 e. The number of carbonyl (C=O) groups is 2. The zero-order chi connectivity index (χ0) is 16.6. The molecule has 1 aromatic heterocycles. The van der Waals surface area contributed by atoms with E-state index in [1.54, 1.807) is 0 Å². The number of aryl methyl sites for hydroxylation is 2. The number of amides is 2. The summed E-state index contributed by atoms with van der Waals surface area (Å²) in [6, 6.07) is 0.408. The Morgan fingerprint density at radius 3 is 2.70 bits per heavy atom. The van der Waals surface area contributed by atoms with Gasteiger partial charge in [-0.2, -0.15) is 5.10 Å². The Bertz CT molecular complexity index is 618. The van der Waals surface area contributed by atoms with Gasteiger partial charge in [0.1, 0.15) is 0 Å². The molecule has 3 rings (SSSR count). The van der Waals surface area contributed by atoms with Gasteiger partial charge in [0.25, 0.3) is 0 Å². The quantitative estimate of drug-likeness (QED) is 0.857. The second-order valence-corrected chi connectivity index (χ2v) is 6.68. The zero-order valence-electron chi connectivity index (χ0n) is 14.3. The molecule has 2 fully saturated rings. The van der Waals surface area contributed by atoms with Gasteiger partial charge in [-0.25, -0.2) is 0 Å². The molecular weight excluding hydrogens is 292 g/mol. The van der Waals surface area contributed by atoms with Crippen LogP contribution in [0, 0.1) is 19.8 Å². The summed E-state index contributed by atoms with van der Waals surface area (Å²) in [7, 11) is 0. The van der Waals surface area contributed by atoms with Crippen LogP contribution in [0.3, 0.4) is 0 Å². The van der Waals surface area contributed by atoms with Crippen LogP contribution >= 0.6 is 0 Å². The molecule has 1 aliphatic carbocycles. The van der Waals surface area contributed by atoms with Crippen LogP contribution in [0.4, 0.5) is 0 Å². The molecule has 23 heavy (non-hydrogen) atoms. The van der Waals surface area contributed by atoms with Crippen LogP contribution in [0.5, 0.6) is 0 Å². The minimum atomic E-state index is -0.177. The highest BCUT2D eigenvalue weighted by molar-refractivity contribution is 5.89. The van der Waals surface area contributed by atoms with Gasteiger partial charge < -0.3 is 10.2 Å². The van der Waals surface area contributed by atoms with E-state index in [0.29, 0.717) is 25.6 Å². The molecule has 0 aromatic carbocycles. The molecule has 126 valence electrons. The lowest BCUT2D eigenvalue weighted by molar-refractivity contribution is -0.129. The molecule has 1 N–H and O–H groups in total. The molecule has 2 amide bonds. The fourth-order valence-electron chi connectivity index (χ4n) is 3.51. The first-order chi connectivity index (χ1) is 11.0. The third kappa shape index (κ3) is 3.26. The number of rotatable bonds is 6. The van der Waals surface area contributed by atoms with Crippen LogP contribution in [-0.4, -0.2) is 45.6 Å². The van der Waals surface area contributed by atoms with Gasteiger partial charge in [-0.15, -0.1) is 0 Å². The van der Waals surface area contributed by atoms with E-state index in [9.17, 15) is 9.59 Å². The molecule has 2 heterocycles. The lowest BCUT2D eigenvalue weighted by Crippen LogP contribution is -2.34. The van der Waals surface area contributed by atoms with Crippen LogP contribution in [0.1, 0.15) is 43.1 Å². The monoisotopic (exact) mass is 318 g/mol. The highest BCUT2D eigenvalue weighted by Crippen LogP contribution is 2.32. The number of aromatic nitrogens is 2. The van der Waals surface area contributed by atoms with Crippen LogP contribution in [0.2, 0.25) is 0 Å². The lowest BCUT2D eigenvalue weighted by atomic mass is 10.1. The first-order valence-corrected chi connectivity index (χ1v) is 8.61. The first kappa shape index (κ1) is 16.0. The molecule has 2 aliphatic rings. The third-order valence-electron chi connectivity index (χ3n) is 5.02. The van der Waals surface area contributed by atoms with E-state index in [1.165, 1.54) is 11.3 Å². The first-order valence-electron chi connectivity index (χ1n) is 8.61. The Morgan fingerprint density at radius 1 is 1.35 bits per heavy atom. The van der Waals surface area contributed by atoms with Crippen molar-refractivity contribution in [1.29, 1.82) is 0 Å². The van der Waals surface area contributed by atoms with Crippen LogP contribution in [0.15, 0.2) is 0 Å². The average molecular weight is 318 g/mol. The summed E-state index contributed by atoms with van der Waals surface area (Å²) < 4.78 is 2.00. The van der Waals surface area contributed by atoms with Gasteiger partial charge in [-0.3, -0.25) is 14.3 Å². The Labute approximate surface area is 137 Å². The molecule has 1 atom stereocenters. The number of nitrogens with zero attached hydrogens (tertiary/aromatic N) is 3. The second kappa shape index (κ2) is 6.34. The van der Waals surface area contributed by atoms with Crippen molar-refractivity contribution in [2.45, 2.75) is 59.0 Å². The number of hydrogen-bond acceptors (Lipinski definition) is 3. The van der Waals surface area contributed by atoms with Crippen molar-refractivity contribution < 1.29 is 9.59 Å². The SMILES string of the molecule is CCn1nc(C)c(CCNC(=O)[C@H]2CC(=O)N(C3CC3)C2)c1C. The van der Waals surface area contributed by atoms with Crippen molar-refractivity contribution in [3.63, 3.8) is 0 Å². The summed E-state index contributed by atoms with van der Waals surface area (Å²) >= 11 is 0. The Hall–Kier alpha value is -1.85. The zero-order valence-corrected chi connectivity index (χ0v) is 14.3. The van der Waals surface area contributed by atoms with Gasteiger partial charge in [0.15, 0.2) is 0 Å². The molecule has 1 aromatic rings. The van der Waals surface area contributed by atoms with E-state index in [0.717, 1.165) is 31.5 Å². The van der Waals surface area contributed by atoms with Crippen molar-refractivity contribution in [1.82, 2.24) is 20.0 Å². The van der Waals surface area contributed by atoms with Gasteiger partial charge in [0, 0.05) is 37.8 Å². The molecule has 0 bridgehead atoms. The third-order valence-corrected chi connectivity index (χ3v) is 5.02. The number of likely N-dealkylation sites (tertiary alicyclic amines) is 1. The number of nitrogens with one attached hydrogen (secondary N) is 1. The van der Waals surface area contributed by atoms with Gasteiger partial charge in [0.2, 0.25) is 11.8 Å². The van der Waals surface area contributed by atoms with E-state index >= 15 is 0 Å². The molecule has 1 aliphatic heterocycles. The minimum Gasteiger partial charge on any atom is -0.355 e. The predicted molar refractivity (Wildman–Crippen MR) is 86.9 cm³/mol. The van der Waals surface area contributed by atoms with E-state index < -0.39 is 0 Å². The summed E-state index contributed by atoms with van der Waals surface area (Å²) in [5.41, 5.74) is 3.43. The predicted octanol–water partition coefficient (Wildman–Crippen LogP) is 1.19. The molecule has 0 radical (unpaired) electrons. The average Bonchev–Trinajstić information content (AvgIpc) is 3.24. The van der Waals surface area contributed by atoms with Crippen LogP contribution < -0.4 is 5.32 Å². The summed E-state index contributed by atoms with van der Waals surface area (Å²) in [6.07, 6.45) is 3.35. The van der Waals surface area contributed by atoms with Gasteiger partial charge in [0.05, 0.1) is 11.6 Å². The van der Waals surface area contributed by atoms with E-state index in [-0.39, 0.29) is 17.7 Å². The highest BCUT2D eigenvalue weighted by Gasteiger charge is 2.41. The van der Waals surface area contributed by atoms with Crippen LogP contribution in [0.25, 0.3) is 0 Å². The topological polar surface area (TPSA) is 67.2 Å². The fourth-order valence-corrected chi connectivity index (χ4v) is 3.51. The molecule has 6 nitrogen and oxygen atoms in total. The summed E-state index contributed by atoms with van der Waals surface area (Å²) in [6.45, 7) is 8.22. The minimum absolute atomic E-state index is 0.0136. The standard InChI is InChI=1S/C17H26N4O2/c1-4-21-12(3)15(11(2)19-21)7-8-18-17(23)13-9-16(22)20(10-13)14-5-6-14/h13-14H,4-10H2,1-3H3,(H,18,23)/t13-/m0/s1. The van der Waals surface area contributed by atoms with Gasteiger partial charge in [-0.1, -0.05) is 0 Å². The Morgan fingerprint density at radius 2 is 2.09 bits per heavy atom. The van der Waals surface area contributed by atoms with Gasteiger partial charge >= 0.3 is 0 Å². The van der Waals surface area contributed by atoms with Crippen molar-refractivity contribution >= 4 is 11.8 Å². The summed E-state index contributed by atoms with van der Waals surface area (Å²) in [5, 5.41) is 7.50. The largest absolute Gasteiger partial charge is 0.355 e. The van der Waals surface area contributed by atoms with Crippen molar-refractivity contribution in [2.24, 2.45) is 5.92 Å². The maximum absolute atomic E-state index is 12.3. The van der Waals surface area contributed by atoms with Crippen molar-refractivity contribution in [3.8, 4) is 0 Å². The van der Waals surface area contributed by atoms with Crippen LogP contribution in [-0.2, 0) is 22.6 Å². The van der Waals surface area contributed by atoms with Crippen molar-refractivity contribution in [3.05, 3.63) is 17.0 Å². The fraction of sp³-hybridized carbons (Fsp3) is 0.706. The molecule has 1 saturated heterocycles. The molecule has 1 saturated carbocycles. The van der Waals surface area contributed by atoms with Crippen molar-refractivity contribution in [2.75, 3.05) is 13.1 Å². The molecule has 6 heteroatoms. The normalized spacial score (nSPS) is 21.1. The number of hydrogen-bond donors (Lipinski definition) is 1. The molecule has 0 unspecified atom stereocenters. The summed E-state index contributed by atoms with van der Waals surface area (Å²) in [4.78, 5) is 26.1.